The molecule has 3 unspecified atom stereocenters. The van der Waals surface area contributed by atoms with Gasteiger partial charge >= 0.3 is 0 Å². The van der Waals surface area contributed by atoms with Crippen molar-refractivity contribution in [3.63, 3.8) is 0 Å². The summed E-state index contributed by atoms with van der Waals surface area (Å²) in [7, 11) is 3.64. The summed E-state index contributed by atoms with van der Waals surface area (Å²) < 4.78 is 15.0. The van der Waals surface area contributed by atoms with E-state index in [-0.39, 0.29) is 23.1 Å². The van der Waals surface area contributed by atoms with Gasteiger partial charge in [0.05, 0.1) is 17.3 Å². The zero-order valence-electron chi connectivity index (χ0n) is 35.1. The summed E-state index contributed by atoms with van der Waals surface area (Å²) in [6.07, 6.45) is 17.9. The summed E-state index contributed by atoms with van der Waals surface area (Å²) in [6.45, 7) is 6.49. The number of nitrogens with one attached hydrogen (secondary N) is 2. The Balaban J connectivity index is 0.000000221. The van der Waals surface area contributed by atoms with Crippen molar-refractivity contribution in [2.45, 2.75) is 101 Å². The number of nitrogen functional groups attached to an aromatic ring is 1. The van der Waals surface area contributed by atoms with Crippen LogP contribution in [0.15, 0.2) is 52.9 Å². The second kappa shape index (κ2) is 26.3. The molecule has 12 nitrogen and oxygen atoms in total. The number of nitrogens with zero attached hydrogens (tertiary/aromatic N) is 7. The lowest BCUT2D eigenvalue weighted by Crippen LogP contribution is -2.54. The zero-order valence-corrected chi connectivity index (χ0v) is 39.1. The van der Waals surface area contributed by atoms with Crippen LogP contribution in [-0.2, 0) is 33.0 Å². The first kappa shape index (κ1) is 49.5. The number of piperidine rings is 4. The van der Waals surface area contributed by atoms with Crippen LogP contribution in [0.2, 0.25) is 10.0 Å². The van der Waals surface area contributed by atoms with Crippen LogP contribution in [-0.4, -0.2) is 132 Å². The van der Waals surface area contributed by atoms with Crippen LogP contribution in [0.25, 0.3) is 0 Å². The van der Waals surface area contributed by atoms with Gasteiger partial charge in [-0.1, -0.05) is 58.2 Å². The average Bonchev–Trinajstić information content (AvgIpc) is 3.69. The van der Waals surface area contributed by atoms with Crippen LogP contribution in [0.5, 0.6) is 0 Å². The fourth-order valence-electron chi connectivity index (χ4n) is 8.85. The molecule has 0 bridgehead atoms. The highest BCUT2D eigenvalue weighted by Gasteiger charge is 2.36. The molecule has 0 aliphatic carbocycles. The van der Waals surface area contributed by atoms with E-state index in [9.17, 15) is 0 Å². The molecule has 4 N–H and O–H groups in total. The maximum atomic E-state index is 8.04. The third kappa shape index (κ3) is 15.9. The van der Waals surface area contributed by atoms with E-state index in [1.54, 1.807) is 18.0 Å². The molecule has 4 aliphatic rings. The van der Waals surface area contributed by atoms with E-state index in [1.807, 2.05) is 51.0 Å². The fourth-order valence-corrected chi connectivity index (χ4v) is 10.8. The number of hydrogen-bond donors (Lipinski definition) is 3. The number of aromatic nitrogens is 3. The smallest absolute Gasteiger partial charge is 0.246 e. The van der Waals surface area contributed by atoms with Gasteiger partial charge in [-0.2, -0.15) is 26.4 Å². The molecule has 0 saturated carbocycles. The average molecular weight is 913 g/mol. The molecule has 0 spiro atoms. The number of benzene rings is 2. The summed E-state index contributed by atoms with van der Waals surface area (Å²) in [4.78, 5) is 12.0. The number of halogens is 3. The summed E-state index contributed by atoms with van der Waals surface area (Å²) in [5, 5.41) is 21.0. The van der Waals surface area contributed by atoms with Crippen molar-refractivity contribution >= 4 is 70.0 Å². The Kier molecular flexibility index (Phi) is 22.1. The molecule has 328 valence electrons. The van der Waals surface area contributed by atoms with Crippen molar-refractivity contribution in [1.82, 2.24) is 30.3 Å². The van der Waals surface area contributed by atoms with Gasteiger partial charge in [-0.25, -0.2) is 5.10 Å². The van der Waals surface area contributed by atoms with E-state index in [4.69, 9.17) is 43.7 Å². The second-order valence-electron chi connectivity index (χ2n) is 15.6. The van der Waals surface area contributed by atoms with E-state index in [0.29, 0.717) is 42.2 Å². The maximum Gasteiger partial charge on any atom is 0.246 e. The molecule has 4 aliphatic heterocycles. The van der Waals surface area contributed by atoms with Crippen LogP contribution in [0.4, 0.5) is 11.9 Å². The number of nitrogens with two attached hydrogens (primary N) is 1. The van der Waals surface area contributed by atoms with Gasteiger partial charge in [0, 0.05) is 74.6 Å². The van der Waals surface area contributed by atoms with Crippen LogP contribution in [0.1, 0.15) is 62.5 Å². The number of H-pyrrole nitrogens is 1. The fraction of sp³-hybridized carbons (Fsp3) is 0.643. The van der Waals surface area contributed by atoms with Crippen molar-refractivity contribution in [3.05, 3.63) is 69.7 Å². The lowest BCUT2D eigenvalue weighted by Gasteiger charge is -2.46. The minimum Gasteiger partial charge on any atom is -0.381 e. The SMILES string of the molecule is CO[C@H]1CCN(C2CCN(c3n[nH]c(N)n3)CC2)C(Cc2ccc(Cl)cc2)C1.CO[C@H]1CCN(C2CCNCC2)C(Cc2ccc(Cl)cc2)C1.CSCS(C)=NC#N.Cl. The van der Waals surface area contributed by atoms with Crippen molar-refractivity contribution in [1.29, 1.82) is 5.26 Å². The van der Waals surface area contributed by atoms with Gasteiger partial charge in [-0.15, -0.1) is 17.5 Å². The van der Waals surface area contributed by atoms with E-state index in [2.05, 4.69) is 63.8 Å². The summed E-state index contributed by atoms with van der Waals surface area (Å²) in [5.74, 6) is 1.09. The predicted octanol–water partition coefficient (Wildman–Crippen LogP) is 7.49. The normalized spacial score (nSPS) is 23.8. The maximum absolute atomic E-state index is 8.04. The van der Waals surface area contributed by atoms with Crippen molar-refractivity contribution in [2.24, 2.45) is 4.36 Å². The summed E-state index contributed by atoms with van der Waals surface area (Å²) in [6, 6.07) is 19.0. The van der Waals surface area contributed by atoms with E-state index < -0.39 is 0 Å². The molecule has 5 atom stereocenters. The Morgan fingerprint density at radius 1 is 0.831 bits per heavy atom. The van der Waals surface area contributed by atoms with Crippen LogP contribution in [0.3, 0.4) is 0 Å². The molecular formula is C42H65Cl3N10O2S2. The molecule has 0 radical (unpaired) electrons. The Morgan fingerprint density at radius 3 is 1.75 bits per heavy atom. The zero-order chi connectivity index (χ0) is 41.3. The Labute approximate surface area is 375 Å². The summed E-state index contributed by atoms with van der Waals surface area (Å²) >= 11 is 13.8. The van der Waals surface area contributed by atoms with Crippen LogP contribution in [0, 0.1) is 11.5 Å². The largest absolute Gasteiger partial charge is 0.381 e. The third-order valence-corrected chi connectivity index (χ3v) is 15.0. The molecule has 2 aromatic carbocycles. The number of thioether (sulfide) groups is 1. The second-order valence-corrected chi connectivity index (χ2v) is 19.4. The Morgan fingerprint density at radius 2 is 1.32 bits per heavy atom. The number of methoxy groups -OCH3 is 2. The highest BCUT2D eigenvalue weighted by molar-refractivity contribution is 8.10. The molecule has 59 heavy (non-hydrogen) atoms. The van der Waals surface area contributed by atoms with Crippen molar-refractivity contribution in [2.75, 3.05) is 81.7 Å². The molecule has 0 amide bonds. The van der Waals surface area contributed by atoms with E-state index in [0.717, 1.165) is 105 Å². The minimum atomic E-state index is -0.0432. The Bertz CT molecular complexity index is 1700. The molecule has 4 fully saturated rings. The third-order valence-electron chi connectivity index (χ3n) is 11.8. The van der Waals surface area contributed by atoms with Crippen LogP contribution < -0.4 is 16.0 Å². The number of rotatable bonds is 11. The lowest BCUT2D eigenvalue weighted by atomic mass is 9.90. The van der Waals surface area contributed by atoms with Gasteiger partial charge in [0.25, 0.3) is 0 Å². The highest BCUT2D eigenvalue weighted by atomic mass is 35.5. The topological polar surface area (TPSA) is 144 Å². The van der Waals surface area contributed by atoms with Gasteiger partial charge in [0.1, 0.15) is 0 Å². The first-order valence-electron chi connectivity index (χ1n) is 20.6. The molecular weight excluding hydrogens is 847 g/mol. The van der Waals surface area contributed by atoms with Gasteiger partial charge < -0.3 is 25.4 Å². The van der Waals surface area contributed by atoms with Crippen molar-refractivity contribution in [3.8, 4) is 6.19 Å². The standard InChI is InChI=1S/C20H29ClN6O.C18H27ClN2O.C4H8N2S2.ClH/c1-28-18-8-11-27(17(13-18)12-14-2-4-15(21)5-3-14)16-6-9-26(10-7-16)20-23-19(22)24-25-20;1-22-18-8-11-21(16-6-9-20-10-7-16)17(13-18)12-14-2-4-15(19)5-3-14;1-7-4-8(2)6-3-5;/h2-5,16-18H,6-13H2,1H3,(H3,22,23,24,25);2-5,16-18,20H,6-13H2,1H3;4H2,1-2H3;1H/t2*17?,18-;;/m00../s1. The van der Waals surface area contributed by atoms with Gasteiger partial charge in [-0.05, 0) is 125 Å². The highest BCUT2D eigenvalue weighted by Crippen LogP contribution is 2.31. The number of anilines is 2. The van der Waals surface area contributed by atoms with E-state index in [1.165, 1.54) is 30.5 Å². The number of ether oxygens (including phenoxy) is 2. The molecule has 4 saturated heterocycles. The minimum absolute atomic E-state index is 0. The summed E-state index contributed by atoms with van der Waals surface area (Å²) in [5.41, 5.74) is 8.39. The Hall–Kier alpha value is -2.16. The van der Waals surface area contributed by atoms with Gasteiger partial charge in [0.2, 0.25) is 18.1 Å². The first-order valence-corrected chi connectivity index (χ1v) is 24.5. The molecule has 1 aromatic heterocycles. The first-order chi connectivity index (χ1) is 28.2. The molecule has 5 heterocycles. The van der Waals surface area contributed by atoms with Crippen LogP contribution >= 0.6 is 47.4 Å². The van der Waals surface area contributed by atoms with Gasteiger partial charge in [0.15, 0.2) is 0 Å². The molecule has 17 heteroatoms. The van der Waals surface area contributed by atoms with E-state index >= 15 is 0 Å². The number of hydrogen-bond acceptors (Lipinski definition) is 12. The van der Waals surface area contributed by atoms with Crippen molar-refractivity contribution < 1.29 is 9.47 Å². The lowest BCUT2D eigenvalue weighted by molar-refractivity contribution is -0.0121. The number of nitriles is 1. The van der Waals surface area contributed by atoms with Gasteiger partial charge in [-0.3, -0.25) is 9.80 Å². The quantitative estimate of drug-likeness (QED) is 0.165. The predicted molar refractivity (Wildman–Crippen MR) is 250 cm³/mol. The number of aromatic amines is 1. The number of likely N-dealkylation sites (tertiary alicyclic amines) is 2. The monoisotopic (exact) mass is 910 g/mol. The molecule has 7 rings (SSSR count). The molecule has 3 aromatic rings.